The van der Waals surface area contributed by atoms with E-state index < -0.39 is 5.60 Å². The molecule has 2 N–H and O–H groups in total. The largest absolute Gasteiger partial charge is 0.386 e. The molecule has 2 rings (SSSR count). The maximum Gasteiger partial charge on any atom is 0.268 e. The maximum atomic E-state index is 11.9. The highest BCUT2D eigenvalue weighted by Crippen LogP contribution is 2.25. The van der Waals surface area contributed by atoms with Crippen molar-refractivity contribution in [3.8, 4) is 0 Å². The Bertz CT molecular complexity index is 467. The van der Waals surface area contributed by atoms with Crippen molar-refractivity contribution in [2.24, 2.45) is 7.05 Å². The number of hydrogen-bond donors (Lipinski definition) is 2. The lowest BCUT2D eigenvalue weighted by molar-refractivity contribution is 0.0263. The predicted molar refractivity (Wildman–Crippen MR) is 68.2 cm³/mol. The Morgan fingerprint density at radius 1 is 1.67 bits per heavy atom. The van der Waals surface area contributed by atoms with Gasteiger partial charge in [0, 0.05) is 26.6 Å². The summed E-state index contributed by atoms with van der Waals surface area (Å²) in [6.07, 6.45) is 0.516. The second-order valence-corrected chi connectivity index (χ2v) is 5.20. The Morgan fingerprint density at radius 3 is 2.89 bits per heavy atom. The molecule has 1 fully saturated rings. The minimum Gasteiger partial charge on any atom is -0.386 e. The van der Waals surface area contributed by atoms with E-state index in [2.05, 4.69) is 5.32 Å². The first-order valence-electron chi connectivity index (χ1n) is 5.52. The summed E-state index contributed by atoms with van der Waals surface area (Å²) in [6.45, 7) is 0.891. The van der Waals surface area contributed by atoms with E-state index in [9.17, 15) is 9.90 Å². The Hall–Kier alpha value is -0.750. The van der Waals surface area contributed by atoms with Gasteiger partial charge in [0.25, 0.3) is 5.91 Å². The number of carbonyl (C=O) groups excluding carboxylic acids is 1. The normalized spacial score (nSPS) is 23.3. The van der Waals surface area contributed by atoms with Crippen LogP contribution in [0.15, 0.2) is 6.07 Å². The Labute approximate surface area is 115 Å². The number of ether oxygens (including phenoxy) is 1. The number of amides is 1. The van der Waals surface area contributed by atoms with Crippen LogP contribution in [0.3, 0.4) is 0 Å². The molecular weight excluding hydrogens is 279 g/mol. The zero-order valence-electron chi connectivity index (χ0n) is 9.87. The summed E-state index contributed by atoms with van der Waals surface area (Å²) in [7, 11) is 1.65. The van der Waals surface area contributed by atoms with Gasteiger partial charge >= 0.3 is 0 Å². The van der Waals surface area contributed by atoms with Crippen molar-refractivity contribution in [3.63, 3.8) is 0 Å². The topological polar surface area (TPSA) is 63.5 Å². The van der Waals surface area contributed by atoms with Crippen LogP contribution in [0.1, 0.15) is 16.9 Å². The van der Waals surface area contributed by atoms with Crippen LogP contribution in [-0.2, 0) is 11.8 Å². The lowest BCUT2D eigenvalue weighted by Gasteiger charge is -2.20. The number of halogens is 2. The van der Waals surface area contributed by atoms with Crippen LogP contribution >= 0.6 is 23.2 Å². The third-order valence-corrected chi connectivity index (χ3v) is 3.85. The second-order valence-electron chi connectivity index (χ2n) is 4.44. The Kier molecular flexibility index (Phi) is 3.87. The van der Waals surface area contributed by atoms with Gasteiger partial charge in [-0.15, -0.1) is 0 Å². The van der Waals surface area contributed by atoms with Crippen molar-refractivity contribution in [2.45, 2.75) is 12.0 Å². The molecule has 1 unspecified atom stereocenters. The van der Waals surface area contributed by atoms with Gasteiger partial charge in [-0.2, -0.15) is 0 Å². The second kappa shape index (κ2) is 5.09. The van der Waals surface area contributed by atoms with Crippen molar-refractivity contribution in [3.05, 3.63) is 21.9 Å². The highest BCUT2D eigenvalue weighted by atomic mass is 35.5. The highest BCUT2D eigenvalue weighted by molar-refractivity contribution is 6.41. The molecule has 1 aliphatic rings. The van der Waals surface area contributed by atoms with Gasteiger partial charge in [0.2, 0.25) is 0 Å². The minimum absolute atomic E-state index is 0.145. The molecule has 100 valence electrons. The third kappa shape index (κ3) is 2.64. The van der Waals surface area contributed by atoms with Gasteiger partial charge in [-0.3, -0.25) is 4.79 Å². The molecule has 1 aromatic rings. The van der Waals surface area contributed by atoms with Crippen LogP contribution in [0.25, 0.3) is 0 Å². The number of aliphatic hydroxyl groups is 1. The van der Waals surface area contributed by atoms with Gasteiger partial charge in [0.1, 0.15) is 16.4 Å². The summed E-state index contributed by atoms with van der Waals surface area (Å²) in [6, 6.07) is 1.49. The first kappa shape index (κ1) is 13.7. The number of nitrogens with one attached hydrogen (secondary N) is 1. The molecule has 7 heteroatoms. The number of hydrogen-bond acceptors (Lipinski definition) is 3. The number of aromatic nitrogens is 1. The van der Waals surface area contributed by atoms with Gasteiger partial charge in [-0.1, -0.05) is 23.2 Å². The fraction of sp³-hybridized carbons (Fsp3) is 0.545. The predicted octanol–water partition coefficient (Wildman–Crippen LogP) is 1.21. The molecular formula is C11H14Cl2N2O3. The van der Waals surface area contributed by atoms with Crippen molar-refractivity contribution in [2.75, 3.05) is 19.8 Å². The Balaban J connectivity index is 2.01. The summed E-state index contributed by atoms with van der Waals surface area (Å²) in [5.41, 5.74) is -0.624. The van der Waals surface area contributed by atoms with Crippen LogP contribution in [0, 0.1) is 0 Å². The molecule has 0 aromatic carbocycles. The lowest BCUT2D eigenvalue weighted by Crippen LogP contribution is -2.43. The van der Waals surface area contributed by atoms with Crippen LogP contribution in [0.2, 0.25) is 10.2 Å². The molecule has 1 aliphatic heterocycles. The molecule has 0 spiro atoms. The summed E-state index contributed by atoms with van der Waals surface area (Å²) in [5.74, 6) is -0.327. The first-order chi connectivity index (χ1) is 8.43. The molecule has 0 aliphatic carbocycles. The number of carbonyl (C=O) groups is 1. The average Bonchev–Trinajstić information content (AvgIpc) is 2.87. The lowest BCUT2D eigenvalue weighted by atomic mass is 10.0. The molecule has 2 heterocycles. The van der Waals surface area contributed by atoms with Crippen molar-refractivity contribution < 1.29 is 14.6 Å². The summed E-state index contributed by atoms with van der Waals surface area (Å²) >= 11 is 11.7. The molecule has 0 bridgehead atoms. The van der Waals surface area contributed by atoms with Crippen LogP contribution in [0.5, 0.6) is 0 Å². The van der Waals surface area contributed by atoms with Gasteiger partial charge in [0.15, 0.2) is 0 Å². The van der Waals surface area contributed by atoms with E-state index in [0.717, 1.165) is 0 Å². The van der Waals surface area contributed by atoms with E-state index >= 15 is 0 Å². The first-order valence-corrected chi connectivity index (χ1v) is 6.27. The van der Waals surface area contributed by atoms with E-state index in [0.29, 0.717) is 28.9 Å². The number of rotatable bonds is 3. The van der Waals surface area contributed by atoms with Crippen LogP contribution in [-0.4, -0.2) is 40.9 Å². The third-order valence-electron chi connectivity index (χ3n) is 3.01. The zero-order valence-corrected chi connectivity index (χ0v) is 11.4. The Morgan fingerprint density at radius 2 is 2.39 bits per heavy atom. The molecule has 1 aromatic heterocycles. The minimum atomic E-state index is -0.978. The van der Waals surface area contributed by atoms with E-state index in [-0.39, 0.29) is 19.1 Å². The average molecular weight is 293 g/mol. The van der Waals surface area contributed by atoms with Crippen molar-refractivity contribution in [1.82, 2.24) is 9.88 Å². The van der Waals surface area contributed by atoms with Gasteiger partial charge in [-0.25, -0.2) is 0 Å². The van der Waals surface area contributed by atoms with Gasteiger partial charge < -0.3 is 19.7 Å². The van der Waals surface area contributed by atoms with Crippen LogP contribution in [0.4, 0.5) is 0 Å². The van der Waals surface area contributed by atoms with Crippen molar-refractivity contribution in [1.29, 1.82) is 0 Å². The fourth-order valence-electron chi connectivity index (χ4n) is 1.83. The number of nitrogens with zero attached hydrogens (tertiary/aromatic N) is 1. The summed E-state index contributed by atoms with van der Waals surface area (Å²) in [5, 5.41) is 13.3. The summed E-state index contributed by atoms with van der Waals surface area (Å²) < 4.78 is 6.59. The monoisotopic (exact) mass is 292 g/mol. The van der Waals surface area contributed by atoms with Crippen molar-refractivity contribution >= 4 is 29.1 Å². The highest BCUT2D eigenvalue weighted by Gasteiger charge is 2.32. The van der Waals surface area contributed by atoms with E-state index in [1.54, 1.807) is 7.05 Å². The fourth-order valence-corrected chi connectivity index (χ4v) is 2.21. The summed E-state index contributed by atoms with van der Waals surface area (Å²) in [4.78, 5) is 11.9. The quantitative estimate of drug-likeness (QED) is 0.880. The molecule has 1 atom stereocenters. The standard InChI is InChI=1S/C11H14Cl2N2O3/c1-15-8(4-7(12)9(15)13)10(16)14-5-11(17)2-3-18-6-11/h4,17H,2-3,5-6H2,1H3,(H,14,16). The van der Waals surface area contributed by atoms with Gasteiger partial charge in [-0.05, 0) is 6.07 Å². The zero-order chi connectivity index (χ0) is 13.3. The molecule has 18 heavy (non-hydrogen) atoms. The molecule has 1 saturated heterocycles. The van der Waals surface area contributed by atoms with Gasteiger partial charge in [0.05, 0.1) is 11.6 Å². The molecule has 0 saturated carbocycles. The maximum absolute atomic E-state index is 11.9. The molecule has 1 amide bonds. The molecule has 0 radical (unpaired) electrons. The van der Waals surface area contributed by atoms with E-state index in [1.807, 2.05) is 0 Å². The van der Waals surface area contributed by atoms with Crippen LogP contribution < -0.4 is 5.32 Å². The van der Waals surface area contributed by atoms with E-state index in [1.165, 1.54) is 10.6 Å². The SMILES string of the molecule is Cn1c(C(=O)NCC2(O)CCOC2)cc(Cl)c1Cl. The van der Waals surface area contributed by atoms with E-state index in [4.69, 9.17) is 27.9 Å². The molecule has 5 nitrogen and oxygen atoms in total. The smallest absolute Gasteiger partial charge is 0.268 e.